The van der Waals surface area contributed by atoms with Crippen molar-refractivity contribution in [2.45, 2.75) is 45.3 Å². The van der Waals surface area contributed by atoms with Gasteiger partial charge in [-0.25, -0.2) is 0 Å². The SMILES string of the molecule is CCC=CCCCCC1OCCO1. The molecule has 1 saturated heterocycles. The standard InChI is InChI=1S/C11H20O2/c1-2-3-4-5-6-7-8-11-12-9-10-13-11/h3-4,11H,2,5-10H2,1H3. The topological polar surface area (TPSA) is 18.5 Å². The van der Waals surface area contributed by atoms with Gasteiger partial charge >= 0.3 is 0 Å². The Balaban J connectivity index is 1.86. The molecule has 2 nitrogen and oxygen atoms in total. The minimum absolute atomic E-state index is 0.0927. The van der Waals surface area contributed by atoms with Gasteiger partial charge < -0.3 is 9.47 Å². The van der Waals surface area contributed by atoms with Crippen molar-refractivity contribution < 1.29 is 9.47 Å². The summed E-state index contributed by atoms with van der Waals surface area (Å²) in [7, 11) is 0. The van der Waals surface area contributed by atoms with Crippen molar-refractivity contribution in [1.82, 2.24) is 0 Å². The molecule has 1 rings (SSSR count). The van der Waals surface area contributed by atoms with Gasteiger partial charge in [0.2, 0.25) is 0 Å². The summed E-state index contributed by atoms with van der Waals surface area (Å²) in [6.07, 6.45) is 10.4. The highest BCUT2D eigenvalue weighted by Crippen LogP contribution is 2.12. The summed E-state index contributed by atoms with van der Waals surface area (Å²) in [6.45, 7) is 3.72. The van der Waals surface area contributed by atoms with Gasteiger partial charge in [0, 0.05) is 0 Å². The molecule has 0 aliphatic carbocycles. The predicted molar refractivity (Wildman–Crippen MR) is 53.6 cm³/mol. The molecule has 0 aromatic rings. The smallest absolute Gasteiger partial charge is 0.157 e. The second-order valence-electron chi connectivity index (χ2n) is 3.34. The van der Waals surface area contributed by atoms with Crippen LogP contribution in [0, 0.1) is 0 Å². The molecule has 0 amide bonds. The second-order valence-corrected chi connectivity index (χ2v) is 3.34. The Labute approximate surface area is 80.9 Å². The van der Waals surface area contributed by atoms with Gasteiger partial charge in [0.15, 0.2) is 6.29 Å². The van der Waals surface area contributed by atoms with E-state index >= 15 is 0 Å². The summed E-state index contributed by atoms with van der Waals surface area (Å²) in [5, 5.41) is 0. The van der Waals surface area contributed by atoms with Crippen LogP contribution in [0.15, 0.2) is 12.2 Å². The van der Waals surface area contributed by atoms with Crippen LogP contribution in [0.4, 0.5) is 0 Å². The number of unbranched alkanes of at least 4 members (excludes halogenated alkanes) is 2. The van der Waals surface area contributed by atoms with Gasteiger partial charge in [-0.05, 0) is 32.1 Å². The van der Waals surface area contributed by atoms with Gasteiger partial charge in [0.25, 0.3) is 0 Å². The lowest BCUT2D eigenvalue weighted by molar-refractivity contribution is -0.0478. The third-order valence-electron chi connectivity index (χ3n) is 2.15. The van der Waals surface area contributed by atoms with E-state index in [1.165, 1.54) is 19.3 Å². The fraction of sp³-hybridized carbons (Fsp3) is 0.818. The molecule has 1 heterocycles. The van der Waals surface area contributed by atoms with Crippen LogP contribution in [0.25, 0.3) is 0 Å². The van der Waals surface area contributed by atoms with E-state index in [4.69, 9.17) is 9.47 Å². The van der Waals surface area contributed by atoms with Gasteiger partial charge in [-0.1, -0.05) is 19.1 Å². The Hall–Kier alpha value is -0.340. The number of hydrogen-bond acceptors (Lipinski definition) is 2. The first kappa shape index (κ1) is 10.7. The zero-order valence-corrected chi connectivity index (χ0v) is 8.50. The molecule has 0 bridgehead atoms. The molecular weight excluding hydrogens is 164 g/mol. The van der Waals surface area contributed by atoms with Gasteiger partial charge in [-0.2, -0.15) is 0 Å². The van der Waals surface area contributed by atoms with Gasteiger partial charge in [0.05, 0.1) is 13.2 Å². The highest BCUT2D eigenvalue weighted by Gasteiger charge is 2.14. The molecule has 0 aromatic heterocycles. The third-order valence-corrected chi connectivity index (χ3v) is 2.15. The Morgan fingerprint density at radius 1 is 1.15 bits per heavy atom. The summed E-state index contributed by atoms with van der Waals surface area (Å²) < 4.78 is 10.7. The molecule has 13 heavy (non-hydrogen) atoms. The van der Waals surface area contributed by atoms with Crippen molar-refractivity contribution in [1.29, 1.82) is 0 Å². The minimum atomic E-state index is 0.0927. The summed E-state index contributed by atoms with van der Waals surface area (Å²) >= 11 is 0. The predicted octanol–water partition coefficient (Wildman–Crippen LogP) is 2.89. The van der Waals surface area contributed by atoms with Crippen LogP contribution < -0.4 is 0 Å². The fourth-order valence-electron chi connectivity index (χ4n) is 1.43. The zero-order valence-electron chi connectivity index (χ0n) is 8.50. The van der Waals surface area contributed by atoms with Crippen LogP contribution in [-0.4, -0.2) is 19.5 Å². The molecule has 0 atom stereocenters. The van der Waals surface area contributed by atoms with Crippen molar-refractivity contribution in [3.05, 3.63) is 12.2 Å². The monoisotopic (exact) mass is 184 g/mol. The highest BCUT2D eigenvalue weighted by molar-refractivity contribution is 4.79. The molecule has 0 radical (unpaired) electrons. The van der Waals surface area contributed by atoms with Crippen molar-refractivity contribution >= 4 is 0 Å². The molecule has 0 spiro atoms. The van der Waals surface area contributed by atoms with E-state index in [1.807, 2.05) is 0 Å². The van der Waals surface area contributed by atoms with E-state index in [1.54, 1.807) is 0 Å². The molecule has 1 aliphatic rings. The fourth-order valence-corrected chi connectivity index (χ4v) is 1.43. The first-order chi connectivity index (χ1) is 6.43. The van der Waals surface area contributed by atoms with Gasteiger partial charge in [-0.15, -0.1) is 0 Å². The summed E-state index contributed by atoms with van der Waals surface area (Å²) in [4.78, 5) is 0. The summed E-state index contributed by atoms with van der Waals surface area (Å²) in [6, 6.07) is 0. The van der Waals surface area contributed by atoms with Crippen LogP contribution >= 0.6 is 0 Å². The third kappa shape index (κ3) is 5.06. The molecule has 0 aromatic carbocycles. The minimum Gasteiger partial charge on any atom is -0.350 e. The molecule has 0 unspecified atom stereocenters. The molecule has 0 N–H and O–H groups in total. The van der Waals surface area contributed by atoms with E-state index in [9.17, 15) is 0 Å². The average Bonchev–Trinajstić information content (AvgIpc) is 2.63. The maximum atomic E-state index is 5.34. The largest absolute Gasteiger partial charge is 0.350 e. The van der Waals surface area contributed by atoms with Gasteiger partial charge in [-0.3, -0.25) is 0 Å². The van der Waals surface area contributed by atoms with E-state index in [-0.39, 0.29) is 6.29 Å². The summed E-state index contributed by atoms with van der Waals surface area (Å²) in [5.41, 5.74) is 0. The zero-order chi connectivity index (χ0) is 9.36. The Morgan fingerprint density at radius 2 is 1.92 bits per heavy atom. The van der Waals surface area contributed by atoms with Crippen molar-refractivity contribution in [3.8, 4) is 0 Å². The molecule has 2 heteroatoms. The van der Waals surface area contributed by atoms with Crippen LogP contribution in [0.3, 0.4) is 0 Å². The molecular formula is C11H20O2. The quantitative estimate of drug-likeness (QED) is 0.467. The molecule has 0 saturated carbocycles. The van der Waals surface area contributed by atoms with E-state index in [0.29, 0.717) is 0 Å². The van der Waals surface area contributed by atoms with E-state index < -0.39 is 0 Å². The van der Waals surface area contributed by atoms with E-state index in [0.717, 1.165) is 26.1 Å². The van der Waals surface area contributed by atoms with Crippen LogP contribution in [0.2, 0.25) is 0 Å². The Bertz CT molecular complexity index is 137. The number of ether oxygens (including phenoxy) is 2. The maximum absolute atomic E-state index is 5.34. The van der Waals surface area contributed by atoms with Gasteiger partial charge in [0.1, 0.15) is 0 Å². The summed E-state index contributed by atoms with van der Waals surface area (Å²) in [5.74, 6) is 0. The molecule has 76 valence electrons. The number of rotatable bonds is 6. The Kier molecular flexibility index (Phi) is 5.87. The van der Waals surface area contributed by atoms with Crippen molar-refractivity contribution in [3.63, 3.8) is 0 Å². The van der Waals surface area contributed by atoms with Crippen molar-refractivity contribution in [2.75, 3.05) is 13.2 Å². The lowest BCUT2D eigenvalue weighted by atomic mass is 10.2. The first-order valence-electron chi connectivity index (χ1n) is 5.31. The van der Waals surface area contributed by atoms with Crippen molar-refractivity contribution in [2.24, 2.45) is 0 Å². The number of hydrogen-bond donors (Lipinski definition) is 0. The lowest BCUT2D eigenvalue weighted by Crippen LogP contribution is -2.06. The maximum Gasteiger partial charge on any atom is 0.157 e. The van der Waals surface area contributed by atoms with Crippen LogP contribution in [0.1, 0.15) is 39.0 Å². The molecule has 1 fully saturated rings. The first-order valence-corrected chi connectivity index (χ1v) is 5.31. The number of allylic oxidation sites excluding steroid dienone is 2. The Morgan fingerprint density at radius 3 is 2.62 bits per heavy atom. The van der Waals surface area contributed by atoms with Crippen LogP contribution in [-0.2, 0) is 9.47 Å². The second kappa shape index (κ2) is 7.10. The van der Waals surface area contributed by atoms with Crippen LogP contribution in [0.5, 0.6) is 0 Å². The van der Waals surface area contributed by atoms with E-state index in [2.05, 4.69) is 19.1 Å². The highest BCUT2D eigenvalue weighted by atomic mass is 16.7. The lowest BCUT2D eigenvalue weighted by Gasteiger charge is -2.06. The normalized spacial score (nSPS) is 18.8. The molecule has 1 aliphatic heterocycles. The average molecular weight is 184 g/mol.